The van der Waals surface area contributed by atoms with Crippen LogP contribution in [0.1, 0.15) is 45.2 Å². The maximum Gasteiger partial charge on any atom is 0.319 e. The Bertz CT molecular complexity index is 966. The summed E-state index contributed by atoms with van der Waals surface area (Å²) in [6, 6.07) is 10.3. The first-order valence-corrected chi connectivity index (χ1v) is 10.8. The van der Waals surface area contributed by atoms with Crippen LogP contribution in [0.5, 0.6) is 0 Å². The normalized spacial score (nSPS) is 22.5. The first-order chi connectivity index (χ1) is 15.5. The predicted octanol–water partition coefficient (Wildman–Crippen LogP) is 1.69. The van der Waals surface area contributed by atoms with Gasteiger partial charge in [-0.3, -0.25) is 14.6 Å². The first kappa shape index (κ1) is 21.8. The van der Waals surface area contributed by atoms with Gasteiger partial charge in [0.05, 0.1) is 11.6 Å². The third kappa shape index (κ3) is 4.72. The van der Waals surface area contributed by atoms with E-state index < -0.39 is 0 Å². The third-order valence-electron chi connectivity index (χ3n) is 5.90. The highest BCUT2D eigenvalue weighted by atomic mass is 16.5. The maximum atomic E-state index is 12.4. The molecule has 2 fully saturated rings. The van der Waals surface area contributed by atoms with Gasteiger partial charge in [0.25, 0.3) is 11.8 Å². The van der Waals surface area contributed by atoms with Crippen LogP contribution in [0.15, 0.2) is 48.8 Å². The fourth-order valence-corrected chi connectivity index (χ4v) is 4.20. The molecule has 4 amide bonds. The summed E-state index contributed by atoms with van der Waals surface area (Å²) < 4.78 is 5.85. The SMILES string of the molecule is CN1C(=O)N[C@@H](c2ccc(C(=O)NCCNC(=O)c3cccnc3)cc2)[C@@H]2CCCO[C@@H]21. The van der Waals surface area contributed by atoms with E-state index in [-0.39, 0.29) is 36.0 Å². The molecule has 168 valence electrons. The minimum atomic E-state index is -0.234. The molecular weight excluding hydrogens is 410 g/mol. The zero-order chi connectivity index (χ0) is 22.5. The van der Waals surface area contributed by atoms with Crippen LogP contribution in [-0.2, 0) is 4.74 Å². The van der Waals surface area contributed by atoms with E-state index in [2.05, 4.69) is 20.9 Å². The number of carbonyl (C=O) groups is 3. The number of aromatic nitrogens is 1. The van der Waals surface area contributed by atoms with Gasteiger partial charge in [-0.05, 0) is 42.7 Å². The van der Waals surface area contributed by atoms with Crippen LogP contribution in [0.25, 0.3) is 0 Å². The molecule has 32 heavy (non-hydrogen) atoms. The van der Waals surface area contributed by atoms with Crippen molar-refractivity contribution >= 4 is 17.8 Å². The summed E-state index contributed by atoms with van der Waals surface area (Å²) in [6.45, 7) is 1.27. The summed E-state index contributed by atoms with van der Waals surface area (Å²) in [4.78, 5) is 42.3. The predicted molar refractivity (Wildman–Crippen MR) is 117 cm³/mol. The Hall–Kier alpha value is -3.46. The Morgan fingerprint density at radius 1 is 1.12 bits per heavy atom. The van der Waals surface area contributed by atoms with E-state index in [1.165, 1.54) is 6.20 Å². The van der Waals surface area contributed by atoms with Crippen LogP contribution >= 0.6 is 0 Å². The number of benzene rings is 1. The summed E-state index contributed by atoms with van der Waals surface area (Å²) in [5, 5.41) is 8.60. The molecule has 4 rings (SSSR count). The van der Waals surface area contributed by atoms with Gasteiger partial charge in [0.15, 0.2) is 0 Å². The minimum absolute atomic E-state index is 0.149. The molecule has 0 spiro atoms. The van der Waals surface area contributed by atoms with E-state index in [9.17, 15) is 14.4 Å². The van der Waals surface area contributed by atoms with E-state index in [0.717, 1.165) is 18.4 Å². The molecule has 0 radical (unpaired) electrons. The van der Waals surface area contributed by atoms with Crippen molar-refractivity contribution in [3.8, 4) is 0 Å². The number of amides is 4. The summed E-state index contributed by atoms with van der Waals surface area (Å²) in [5.41, 5.74) is 1.94. The summed E-state index contributed by atoms with van der Waals surface area (Å²) in [5.74, 6) is -0.296. The minimum Gasteiger partial charge on any atom is -0.358 e. The van der Waals surface area contributed by atoms with Crippen molar-refractivity contribution in [2.45, 2.75) is 25.1 Å². The summed E-state index contributed by atoms with van der Waals surface area (Å²) in [6.07, 6.45) is 4.78. The maximum absolute atomic E-state index is 12.4. The molecule has 3 heterocycles. The molecule has 0 aliphatic carbocycles. The number of nitrogens with zero attached hydrogens (tertiary/aromatic N) is 2. The summed E-state index contributed by atoms with van der Waals surface area (Å²) >= 11 is 0. The molecule has 0 bridgehead atoms. The topological polar surface area (TPSA) is 113 Å². The van der Waals surface area contributed by atoms with Crippen LogP contribution < -0.4 is 16.0 Å². The number of carbonyl (C=O) groups excluding carboxylic acids is 3. The lowest BCUT2D eigenvalue weighted by atomic mass is 9.84. The Morgan fingerprint density at radius 3 is 2.53 bits per heavy atom. The third-order valence-corrected chi connectivity index (χ3v) is 5.90. The molecule has 2 saturated heterocycles. The van der Waals surface area contributed by atoms with Crippen molar-refractivity contribution in [3.05, 3.63) is 65.5 Å². The average molecular weight is 438 g/mol. The average Bonchev–Trinajstić information content (AvgIpc) is 2.84. The molecule has 1 aromatic carbocycles. The standard InChI is InChI=1S/C23H27N5O4/c1-28-22-18(5-3-13-32-22)19(27-23(28)31)15-6-8-16(9-7-15)20(29)25-11-12-26-21(30)17-4-2-10-24-14-17/h2,4,6-10,14,18-19,22H,3,5,11-13H2,1H3,(H,25,29)(H,26,30)(H,27,31)/t18-,19-,22-/m0/s1. The van der Waals surface area contributed by atoms with Crippen LogP contribution in [0, 0.1) is 5.92 Å². The first-order valence-electron chi connectivity index (χ1n) is 10.8. The Morgan fingerprint density at radius 2 is 1.84 bits per heavy atom. The highest BCUT2D eigenvalue weighted by Gasteiger charge is 2.42. The molecule has 0 saturated carbocycles. The van der Waals surface area contributed by atoms with Crippen LogP contribution in [0.3, 0.4) is 0 Å². The highest BCUT2D eigenvalue weighted by Crippen LogP contribution is 2.37. The van der Waals surface area contributed by atoms with Crippen molar-refractivity contribution in [3.63, 3.8) is 0 Å². The number of urea groups is 1. The van der Waals surface area contributed by atoms with E-state index in [1.54, 1.807) is 42.4 Å². The molecule has 9 nitrogen and oxygen atoms in total. The van der Waals surface area contributed by atoms with Crippen molar-refractivity contribution in [1.82, 2.24) is 25.8 Å². The molecule has 2 aliphatic rings. The molecule has 2 aromatic rings. The second-order valence-corrected chi connectivity index (χ2v) is 7.98. The van der Waals surface area contributed by atoms with Gasteiger partial charge in [-0.25, -0.2) is 4.79 Å². The number of fused-ring (bicyclic) bond motifs is 1. The Balaban J connectivity index is 1.30. The molecule has 2 aliphatic heterocycles. The lowest BCUT2D eigenvalue weighted by molar-refractivity contribution is -0.116. The molecule has 3 atom stereocenters. The van der Waals surface area contributed by atoms with E-state index in [4.69, 9.17) is 4.74 Å². The lowest BCUT2D eigenvalue weighted by Crippen LogP contribution is -2.59. The second kappa shape index (κ2) is 9.78. The smallest absolute Gasteiger partial charge is 0.319 e. The van der Waals surface area contributed by atoms with Crippen LogP contribution in [0.2, 0.25) is 0 Å². The lowest BCUT2D eigenvalue weighted by Gasteiger charge is -2.46. The van der Waals surface area contributed by atoms with Crippen molar-refractivity contribution in [2.24, 2.45) is 5.92 Å². The quantitative estimate of drug-likeness (QED) is 0.596. The van der Waals surface area contributed by atoms with Gasteiger partial charge >= 0.3 is 6.03 Å². The fourth-order valence-electron chi connectivity index (χ4n) is 4.20. The van der Waals surface area contributed by atoms with Crippen LogP contribution in [0.4, 0.5) is 4.79 Å². The second-order valence-electron chi connectivity index (χ2n) is 7.98. The highest BCUT2D eigenvalue weighted by molar-refractivity contribution is 5.95. The Kier molecular flexibility index (Phi) is 6.65. The van der Waals surface area contributed by atoms with Gasteiger partial charge in [0.1, 0.15) is 6.23 Å². The van der Waals surface area contributed by atoms with E-state index >= 15 is 0 Å². The van der Waals surface area contributed by atoms with Crippen molar-refractivity contribution in [1.29, 1.82) is 0 Å². The van der Waals surface area contributed by atoms with Gasteiger partial charge in [-0.2, -0.15) is 0 Å². The van der Waals surface area contributed by atoms with Gasteiger partial charge < -0.3 is 25.6 Å². The Labute approximate surface area is 186 Å². The number of nitrogens with one attached hydrogen (secondary N) is 3. The van der Waals surface area contributed by atoms with Gasteiger partial charge in [0, 0.05) is 50.6 Å². The van der Waals surface area contributed by atoms with Crippen molar-refractivity contribution in [2.75, 3.05) is 26.7 Å². The largest absolute Gasteiger partial charge is 0.358 e. The van der Waals surface area contributed by atoms with Crippen LogP contribution in [-0.4, -0.2) is 60.7 Å². The number of hydrogen-bond donors (Lipinski definition) is 3. The molecule has 1 aromatic heterocycles. The number of hydrogen-bond acceptors (Lipinski definition) is 5. The zero-order valence-electron chi connectivity index (χ0n) is 17.9. The fraction of sp³-hybridized carbons (Fsp3) is 0.391. The monoisotopic (exact) mass is 437 g/mol. The summed E-state index contributed by atoms with van der Waals surface area (Å²) in [7, 11) is 1.75. The zero-order valence-corrected chi connectivity index (χ0v) is 17.9. The van der Waals surface area contributed by atoms with Gasteiger partial charge in [-0.15, -0.1) is 0 Å². The van der Waals surface area contributed by atoms with Gasteiger partial charge in [-0.1, -0.05) is 12.1 Å². The molecule has 9 heteroatoms. The van der Waals surface area contributed by atoms with Crippen molar-refractivity contribution < 1.29 is 19.1 Å². The molecule has 0 unspecified atom stereocenters. The van der Waals surface area contributed by atoms with Gasteiger partial charge in [0.2, 0.25) is 0 Å². The number of pyridine rings is 1. The number of rotatable bonds is 6. The number of ether oxygens (including phenoxy) is 1. The van der Waals surface area contributed by atoms with E-state index in [1.807, 2.05) is 12.1 Å². The molecular formula is C23H27N5O4. The molecule has 3 N–H and O–H groups in total. The van der Waals surface area contributed by atoms with E-state index in [0.29, 0.717) is 30.8 Å².